The fraction of sp³-hybridized carbons (Fsp3) is 0.556. The topological polar surface area (TPSA) is 95.7 Å². The van der Waals surface area contributed by atoms with Crippen LogP contribution in [0.15, 0.2) is 24.3 Å². The van der Waals surface area contributed by atoms with Crippen molar-refractivity contribution in [1.29, 1.82) is 0 Å². The lowest BCUT2D eigenvalue weighted by atomic mass is 10.2. The maximum atomic E-state index is 11.6. The van der Waals surface area contributed by atoms with Crippen LogP contribution in [0.1, 0.15) is 57.4 Å². The number of carbonyl (C=O) groups excluding carboxylic acids is 2. The summed E-state index contributed by atoms with van der Waals surface area (Å²) in [7, 11) is 0. The Morgan fingerprint density at radius 2 is 1.60 bits per heavy atom. The lowest BCUT2D eigenvalue weighted by Gasteiger charge is -2.06. The monoisotopic (exact) mass is 351 g/mol. The Morgan fingerprint density at radius 1 is 0.960 bits per heavy atom. The molecule has 0 aromatic heterocycles. The molecule has 0 N–H and O–H groups in total. The molecule has 7 heteroatoms. The van der Waals surface area contributed by atoms with Crippen molar-refractivity contribution in [2.45, 2.75) is 58.5 Å². The van der Waals surface area contributed by atoms with Gasteiger partial charge < -0.3 is 9.47 Å². The van der Waals surface area contributed by atoms with Crippen LogP contribution in [0, 0.1) is 10.1 Å². The second-order valence-electron chi connectivity index (χ2n) is 5.72. The number of hydrogen-bond donors (Lipinski definition) is 0. The normalized spacial score (nSPS) is 10.3. The molecule has 0 aliphatic heterocycles. The lowest BCUT2D eigenvalue weighted by molar-refractivity contribution is -0.384. The Morgan fingerprint density at radius 3 is 2.20 bits per heavy atom. The van der Waals surface area contributed by atoms with Crippen molar-refractivity contribution in [3.05, 3.63) is 39.9 Å². The Hall–Kier alpha value is -2.44. The highest BCUT2D eigenvalue weighted by Crippen LogP contribution is 2.13. The largest absolute Gasteiger partial charge is 0.466 e. The molecule has 1 aromatic rings. The van der Waals surface area contributed by atoms with Gasteiger partial charge in [0.2, 0.25) is 0 Å². The predicted molar refractivity (Wildman–Crippen MR) is 91.8 cm³/mol. The van der Waals surface area contributed by atoms with Crippen LogP contribution in [0.25, 0.3) is 0 Å². The summed E-state index contributed by atoms with van der Waals surface area (Å²) < 4.78 is 10.2. The highest BCUT2D eigenvalue weighted by molar-refractivity contribution is 5.72. The van der Waals surface area contributed by atoms with E-state index in [9.17, 15) is 19.7 Å². The van der Waals surface area contributed by atoms with E-state index in [0.717, 1.165) is 25.7 Å². The molecule has 0 saturated carbocycles. The summed E-state index contributed by atoms with van der Waals surface area (Å²) in [5, 5.41) is 10.5. The first-order valence-corrected chi connectivity index (χ1v) is 8.57. The van der Waals surface area contributed by atoms with Crippen LogP contribution in [0.4, 0.5) is 5.69 Å². The fourth-order valence-corrected chi connectivity index (χ4v) is 2.11. The van der Waals surface area contributed by atoms with E-state index in [0.29, 0.717) is 18.6 Å². The van der Waals surface area contributed by atoms with Crippen LogP contribution in [-0.2, 0) is 25.7 Å². The molecule has 0 heterocycles. The molecular weight excluding hydrogens is 326 g/mol. The summed E-state index contributed by atoms with van der Waals surface area (Å²) in [6, 6.07) is 5.81. The Balaban J connectivity index is 2.12. The third-order valence-corrected chi connectivity index (χ3v) is 3.57. The number of nitrogens with zero attached hydrogens (tertiary/aromatic N) is 1. The number of nitro benzene ring substituents is 1. The number of rotatable bonds is 12. The Bertz CT molecular complexity index is 555. The van der Waals surface area contributed by atoms with Crippen LogP contribution in [-0.4, -0.2) is 23.5 Å². The molecule has 0 aliphatic rings. The van der Waals surface area contributed by atoms with Crippen LogP contribution < -0.4 is 0 Å². The van der Waals surface area contributed by atoms with E-state index >= 15 is 0 Å². The Kier molecular flexibility index (Phi) is 9.89. The number of unbranched alkanes of at least 4 members (excludes halogenated alkanes) is 3. The SMILES string of the molecule is CCCCCCOC(=O)CCCC(=O)OCc1ccc([N+](=O)[O-])cc1. The second-order valence-corrected chi connectivity index (χ2v) is 5.72. The molecular formula is C18H25NO6. The van der Waals surface area contributed by atoms with Crippen LogP contribution >= 0.6 is 0 Å². The summed E-state index contributed by atoms with van der Waals surface area (Å²) in [4.78, 5) is 33.2. The standard InChI is InChI=1S/C18H25NO6/c1-2-3-4-5-13-24-17(20)7-6-8-18(21)25-14-15-9-11-16(12-10-15)19(22)23/h9-12H,2-8,13-14H2,1H3. The molecule has 0 atom stereocenters. The third-order valence-electron chi connectivity index (χ3n) is 3.57. The van der Waals surface area contributed by atoms with E-state index in [1.54, 1.807) is 12.1 Å². The molecule has 0 amide bonds. The highest BCUT2D eigenvalue weighted by Gasteiger charge is 2.09. The van der Waals surface area contributed by atoms with Gasteiger partial charge in [0.15, 0.2) is 0 Å². The van der Waals surface area contributed by atoms with Gasteiger partial charge in [0, 0.05) is 25.0 Å². The number of ether oxygens (including phenoxy) is 2. The first-order chi connectivity index (χ1) is 12.0. The van der Waals surface area contributed by atoms with Crippen molar-refractivity contribution in [3.8, 4) is 0 Å². The van der Waals surface area contributed by atoms with Crippen molar-refractivity contribution in [1.82, 2.24) is 0 Å². The molecule has 0 aliphatic carbocycles. The quantitative estimate of drug-likeness (QED) is 0.245. The first-order valence-electron chi connectivity index (χ1n) is 8.57. The average Bonchev–Trinajstić information content (AvgIpc) is 2.60. The van der Waals surface area contributed by atoms with Crippen molar-refractivity contribution < 1.29 is 24.0 Å². The fourth-order valence-electron chi connectivity index (χ4n) is 2.11. The van der Waals surface area contributed by atoms with Crippen molar-refractivity contribution in [3.63, 3.8) is 0 Å². The average molecular weight is 351 g/mol. The maximum Gasteiger partial charge on any atom is 0.306 e. The maximum absolute atomic E-state index is 11.6. The van der Waals surface area contributed by atoms with Gasteiger partial charge in [-0.1, -0.05) is 26.2 Å². The zero-order valence-corrected chi connectivity index (χ0v) is 14.6. The first kappa shape index (κ1) is 20.6. The lowest BCUT2D eigenvalue weighted by Crippen LogP contribution is -2.09. The summed E-state index contributed by atoms with van der Waals surface area (Å²) in [6.45, 7) is 2.61. The zero-order chi connectivity index (χ0) is 18.5. The summed E-state index contributed by atoms with van der Waals surface area (Å²) in [5.74, 6) is -0.700. The second kappa shape index (κ2) is 12.0. The summed E-state index contributed by atoms with van der Waals surface area (Å²) >= 11 is 0. The molecule has 0 radical (unpaired) electrons. The minimum absolute atomic E-state index is 0.0108. The Labute approximate surface area is 147 Å². The molecule has 138 valence electrons. The van der Waals surface area contributed by atoms with Crippen molar-refractivity contribution >= 4 is 17.6 Å². The van der Waals surface area contributed by atoms with Gasteiger partial charge in [0.05, 0.1) is 11.5 Å². The molecule has 1 rings (SSSR count). The van der Waals surface area contributed by atoms with E-state index in [1.807, 2.05) is 0 Å². The zero-order valence-electron chi connectivity index (χ0n) is 14.6. The van der Waals surface area contributed by atoms with Gasteiger partial charge in [0.25, 0.3) is 5.69 Å². The molecule has 0 spiro atoms. The minimum Gasteiger partial charge on any atom is -0.466 e. The molecule has 0 fully saturated rings. The van der Waals surface area contributed by atoms with Crippen LogP contribution in [0.3, 0.4) is 0 Å². The molecule has 0 bridgehead atoms. The van der Waals surface area contributed by atoms with Crippen molar-refractivity contribution in [2.24, 2.45) is 0 Å². The summed E-state index contributed by atoms with van der Waals surface area (Å²) in [6.07, 6.45) is 4.91. The van der Waals surface area contributed by atoms with Gasteiger partial charge in [-0.2, -0.15) is 0 Å². The highest BCUT2D eigenvalue weighted by atomic mass is 16.6. The minimum atomic E-state index is -0.487. The molecule has 25 heavy (non-hydrogen) atoms. The van der Waals surface area contributed by atoms with E-state index in [-0.39, 0.29) is 31.1 Å². The molecule has 7 nitrogen and oxygen atoms in total. The van der Waals surface area contributed by atoms with Crippen molar-refractivity contribution in [2.75, 3.05) is 6.61 Å². The number of esters is 2. The molecule has 0 saturated heterocycles. The molecule has 1 aromatic carbocycles. The molecule has 0 unspecified atom stereocenters. The number of non-ortho nitro benzene ring substituents is 1. The van der Waals surface area contributed by atoms with Gasteiger partial charge in [-0.05, 0) is 30.5 Å². The summed E-state index contributed by atoms with van der Waals surface area (Å²) in [5.41, 5.74) is 0.661. The number of benzene rings is 1. The van der Waals surface area contributed by atoms with Gasteiger partial charge in [-0.3, -0.25) is 19.7 Å². The van der Waals surface area contributed by atoms with Gasteiger partial charge in [-0.15, -0.1) is 0 Å². The number of nitro groups is 1. The van der Waals surface area contributed by atoms with E-state index in [2.05, 4.69) is 6.92 Å². The van der Waals surface area contributed by atoms with E-state index in [4.69, 9.17) is 9.47 Å². The van der Waals surface area contributed by atoms with Gasteiger partial charge in [0.1, 0.15) is 6.61 Å². The van der Waals surface area contributed by atoms with Crippen LogP contribution in [0.2, 0.25) is 0 Å². The van der Waals surface area contributed by atoms with E-state index < -0.39 is 10.9 Å². The third kappa shape index (κ3) is 9.44. The predicted octanol–water partition coefficient (Wildman–Crippen LogP) is 3.93. The number of hydrogen-bond acceptors (Lipinski definition) is 6. The number of carbonyl (C=O) groups is 2. The van der Waals surface area contributed by atoms with E-state index in [1.165, 1.54) is 12.1 Å². The van der Waals surface area contributed by atoms with Crippen LogP contribution in [0.5, 0.6) is 0 Å². The smallest absolute Gasteiger partial charge is 0.306 e. The van der Waals surface area contributed by atoms with Gasteiger partial charge >= 0.3 is 11.9 Å². The van der Waals surface area contributed by atoms with Gasteiger partial charge in [-0.25, -0.2) is 0 Å².